The molecule has 2 nitrogen and oxygen atoms in total. The molecule has 122 valence electrons. The van der Waals surface area contributed by atoms with Gasteiger partial charge < -0.3 is 5.11 Å². The lowest BCUT2D eigenvalue weighted by atomic mass is 9.64. The smallest absolute Gasteiger partial charge is 0.283 e. The predicted molar refractivity (Wildman–Crippen MR) is 97.9 cm³/mol. The average Bonchev–Trinajstić information content (AvgIpc) is 2.65. The standard InChI is InChI=1S/C21H22.CHNO/c1-2-21(16-10-5-11-17-21)20(18-12-6-3-7-13-18)19-14-8-4-9-15-19;2-1-3/h3-16,20H,2,17H2,1H3;3H. The van der Waals surface area contributed by atoms with Crippen LogP contribution >= 0.6 is 0 Å². The Balaban J connectivity index is 0.000000647. The van der Waals surface area contributed by atoms with Crippen molar-refractivity contribution in [3.63, 3.8) is 0 Å². The molecule has 1 aliphatic rings. The number of aliphatic hydroxyl groups excluding tert-OH is 1. The minimum atomic E-state index is 0.178. The molecular weight excluding hydrogens is 294 g/mol. The van der Waals surface area contributed by atoms with Crippen LogP contribution in [0, 0.1) is 16.9 Å². The van der Waals surface area contributed by atoms with Gasteiger partial charge in [-0.05, 0) is 24.0 Å². The molecule has 0 saturated carbocycles. The van der Waals surface area contributed by atoms with Crippen LogP contribution in [0.4, 0.5) is 0 Å². The molecule has 2 aromatic carbocycles. The quantitative estimate of drug-likeness (QED) is 0.749. The number of rotatable bonds is 4. The lowest BCUT2D eigenvalue weighted by Crippen LogP contribution is -2.28. The first-order valence-corrected chi connectivity index (χ1v) is 8.25. The molecule has 1 aliphatic carbocycles. The highest BCUT2D eigenvalue weighted by Gasteiger charge is 2.36. The van der Waals surface area contributed by atoms with Gasteiger partial charge in [0.15, 0.2) is 0 Å². The Morgan fingerprint density at radius 1 is 1.00 bits per heavy atom. The van der Waals surface area contributed by atoms with Crippen LogP contribution < -0.4 is 0 Å². The molecule has 0 aromatic heterocycles. The van der Waals surface area contributed by atoms with E-state index in [2.05, 4.69) is 91.9 Å². The third-order valence-corrected chi connectivity index (χ3v) is 4.67. The van der Waals surface area contributed by atoms with Crippen LogP contribution in [0.3, 0.4) is 0 Å². The molecule has 0 aliphatic heterocycles. The van der Waals surface area contributed by atoms with Gasteiger partial charge in [0.1, 0.15) is 0 Å². The summed E-state index contributed by atoms with van der Waals surface area (Å²) in [4.78, 5) is 0. The third-order valence-electron chi connectivity index (χ3n) is 4.67. The molecule has 0 fully saturated rings. The third kappa shape index (κ3) is 3.94. The molecule has 0 radical (unpaired) electrons. The van der Waals surface area contributed by atoms with E-state index in [1.54, 1.807) is 0 Å². The normalized spacial score (nSPS) is 18.5. The highest BCUT2D eigenvalue weighted by atomic mass is 16.2. The average molecular weight is 317 g/mol. The molecular formula is C22H23NO. The zero-order valence-corrected chi connectivity index (χ0v) is 14.0. The van der Waals surface area contributed by atoms with Crippen LogP contribution in [0.1, 0.15) is 36.8 Å². The van der Waals surface area contributed by atoms with Crippen molar-refractivity contribution in [2.45, 2.75) is 25.7 Å². The monoisotopic (exact) mass is 317 g/mol. The Bertz CT molecular complexity index is 673. The minimum Gasteiger partial charge on any atom is -0.443 e. The number of nitrogens with zero attached hydrogens (tertiary/aromatic N) is 1. The summed E-state index contributed by atoms with van der Waals surface area (Å²) in [6, 6.07) is 21.9. The molecule has 2 aromatic rings. The van der Waals surface area contributed by atoms with E-state index >= 15 is 0 Å². The van der Waals surface area contributed by atoms with Crippen molar-refractivity contribution in [2.75, 3.05) is 0 Å². The lowest BCUT2D eigenvalue weighted by Gasteiger charge is -2.39. The van der Waals surface area contributed by atoms with Crippen molar-refractivity contribution in [3.05, 3.63) is 96.1 Å². The van der Waals surface area contributed by atoms with Gasteiger partial charge in [-0.15, -0.1) is 0 Å². The van der Waals surface area contributed by atoms with Crippen molar-refractivity contribution in [2.24, 2.45) is 5.41 Å². The van der Waals surface area contributed by atoms with E-state index in [0.717, 1.165) is 19.1 Å². The van der Waals surface area contributed by atoms with E-state index in [4.69, 9.17) is 10.4 Å². The summed E-state index contributed by atoms with van der Waals surface area (Å²) < 4.78 is 0. The van der Waals surface area contributed by atoms with Gasteiger partial charge in [0, 0.05) is 11.3 Å². The van der Waals surface area contributed by atoms with Crippen LogP contribution in [0.25, 0.3) is 0 Å². The first kappa shape index (κ1) is 17.6. The fourth-order valence-corrected chi connectivity index (χ4v) is 3.51. The number of hydrogen-bond donors (Lipinski definition) is 1. The number of aliphatic hydroxyl groups is 1. The number of hydrogen-bond acceptors (Lipinski definition) is 2. The first-order valence-electron chi connectivity index (χ1n) is 8.25. The second-order valence-corrected chi connectivity index (χ2v) is 5.93. The van der Waals surface area contributed by atoms with E-state index in [0.29, 0.717) is 5.92 Å². The number of benzene rings is 2. The van der Waals surface area contributed by atoms with E-state index in [1.165, 1.54) is 11.1 Å². The summed E-state index contributed by atoms with van der Waals surface area (Å²) in [6.07, 6.45) is 12.1. The molecule has 0 bridgehead atoms. The van der Waals surface area contributed by atoms with Gasteiger partial charge in [-0.2, -0.15) is 5.26 Å². The van der Waals surface area contributed by atoms with Gasteiger partial charge in [0.25, 0.3) is 6.26 Å². The molecule has 3 rings (SSSR count). The summed E-state index contributed by atoms with van der Waals surface area (Å²) in [7, 11) is 0. The van der Waals surface area contributed by atoms with Gasteiger partial charge in [0.05, 0.1) is 0 Å². The van der Waals surface area contributed by atoms with E-state index in [1.807, 2.05) is 0 Å². The van der Waals surface area contributed by atoms with Crippen LogP contribution in [0.2, 0.25) is 0 Å². The molecule has 2 heteroatoms. The van der Waals surface area contributed by atoms with Crippen molar-refractivity contribution >= 4 is 0 Å². The summed E-state index contributed by atoms with van der Waals surface area (Å²) >= 11 is 0. The Kier molecular flexibility index (Phi) is 6.40. The zero-order chi connectivity index (χ0) is 17.3. The second-order valence-electron chi connectivity index (χ2n) is 5.93. The minimum absolute atomic E-state index is 0.178. The Morgan fingerprint density at radius 3 is 1.88 bits per heavy atom. The van der Waals surface area contributed by atoms with Crippen molar-refractivity contribution < 1.29 is 5.11 Å². The van der Waals surface area contributed by atoms with Gasteiger partial charge in [-0.25, -0.2) is 0 Å². The van der Waals surface area contributed by atoms with Gasteiger partial charge in [-0.3, -0.25) is 0 Å². The van der Waals surface area contributed by atoms with Crippen molar-refractivity contribution in [3.8, 4) is 6.26 Å². The number of allylic oxidation sites excluding steroid dienone is 4. The van der Waals surface area contributed by atoms with Crippen LogP contribution in [0.5, 0.6) is 0 Å². The first-order chi connectivity index (χ1) is 11.8. The SMILES string of the molecule is CCC1(C(c2ccccc2)c2ccccc2)C=CC=CC1.N#CO. The van der Waals surface area contributed by atoms with Gasteiger partial charge >= 0.3 is 0 Å². The topological polar surface area (TPSA) is 44.0 Å². The van der Waals surface area contributed by atoms with Crippen molar-refractivity contribution in [1.29, 1.82) is 5.26 Å². The maximum atomic E-state index is 6.88. The molecule has 1 atom stereocenters. The summed E-state index contributed by atoms with van der Waals surface area (Å²) in [5, 5.41) is 13.8. The fourth-order valence-electron chi connectivity index (χ4n) is 3.51. The van der Waals surface area contributed by atoms with Gasteiger partial charge in [-0.1, -0.05) is 91.9 Å². The molecule has 24 heavy (non-hydrogen) atoms. The Hall–Kier alpha value is -2.79. The highest BCUT2D eigenvalue weighted by Crippen LogP contribution is 2.48. The maximum absolute atomic E-state index is 6.88. The Labute approximate surface area is 144 Å². The zero-order valence-electron chi connectivity index (χ0n) is 14.0. The number of nitriles is 1. The van der Waals surface area contributed by atoms with Crippen LogP contribution in [-0.2, 0) is 0 Å². The molecule has 0 spiro atoms. The molecule has 1 unspecified atom stereocenters. The van der Waals surface area contributed by atoms with Gasteiger partial charge in [0.2, 0.25) is 0 Å². The van der Waals surface area contributed by atoms with Crippen LogP contribution in [-0.4, -0.2) is 5.11 Å². The highest BCUT2D eigenvalue weighted by molar-refractivity contribution is 5.38. The largest absolute Gasteiger partial charge is 0.443 e. The van der Waals surface area contributed by atoms with Crippen molar-refractivity contribution in [1.82, 2.24) is 0 Å². The summed E-state index contributed by atoms with van der Waals surface area (Å²) in [6.45, 7) is 2.31. The van der Waals surface area contributed by atoms with E-state index in [-0.39, 0.29) is 5.41 Å². The maximum Gasteiger partial charge on any atom is 0.283 e. The second kappa shape index (κ2) is 8.74. The van der Waals surface area contributed by atoms with Crippen LogP contribution in [0.15, 0.2) is 85.0 Å². The summed E-state index contributed by atoms with van der Waals surface area (Å²) in [5.41, 5.74) is 2.99. The molecule has 1 N–H and O–H groups in total. The summed E-state index contributed by atoms with van der Waals surface area (Å²) in [5.74, 6) is 0.408. The molecule has 0 saturated heterocycles. The van der Waals surface area contributed by atoms with E-state index in [9.17, 15) is 0 Å². The molecule has 0 heterocycles. The lowest BCUT2D eigenvalue weighted by molar-refractivity contribution is 0.321. The fraction of sp³-hybridized carbons (Fsp3) is 0.227. The Morgan fingerprint density at radius 2 is 1.50 bits per heavy atom. The predicted octanol–water partition coefficient (Wildman–Crippen LogP) is 5.57. The molecule has 0 amide bonds. The van der Waals surface area contributed by atoms with E-state index < -0.39 is 0 Å².